The number of nitrogens with one attached hydrogen (secondary N) is 1. The lowest BCUT2D eigenvalue weighted by atomic mass is 9.93. The molecule has 1 aromatic heterocycles. The van der Waals surface area contributed by atoms with E-state index in [-0.39, 0.29) is 41.8 Å². The van der Waals surface area contributed by atoms with Crippen LogP contribution in [-0.4, -0.2) is 34.6 Å². The molecule has 1 aliphatic carbocycles. The van der Waals surface area contributed by atoms with Crippen molar-refractivity contribution >= 4 is 28.5 Å². The molecule has 12 heteroatoms. The molecular formula is C28H22F5N3O4. The Morgan fingerprint density at radius 1 is 1.05 bits per heavy atom. The number of anilines is 1. The smallest absolute Gasteiger partial charge is 0.462 e. The van der Waals surface area contributed by atoms with Gasteiger partial charge in [-0.25, -0.2) is 13.6 Å². The van der Waals surface area contributed by atoms with Gasteiger partial charge in [0.05, 0.1) is 29.3 Å². The number of halogens is 5. The van der Waals surface area contributed by atoms with E-state index in [9.17, 15) is 27.2 Å². The van der Waals surface area contributed by atoms with Crippen molar-refractivity contribution in [2.75, 3.05) is 11.9 Å². The molecule has 1 N–H and O–H groups in total. The van der Waals surface area contributed by atoms with E-state index in [0.717, 1.165) is 23.6 Å². The predicted molar refractivity (Wildman–Crippen MR) is 135 cm³/mol. The number of carbonyl (C=O) groups excluding carboxylic acids is 2. The second-order valence-corrected chi connectivity index (χ2v) is 9.37. The number of esters is 1. The van der Waals surface area contributed by atoms with Crippen molar-refractivity contribution in [2.45, 2.75) is 31.5 Å². The molecule has 40 heavy (non-hydrogen) atoms. The van der Waals surface area contributed by atoms with Crippen molar-refractivity contribution in [3.05, 3.63) is 77.5 Å². The Kier molecular flexibility index (Phi) is 6.72. The van der Waals surface area contributed by atoms with Gasteiger partial charge in [-0.1, -0.05) is 18.2 Å². The van der Waals surface area contributed by atoms with Crippen molar-refractivity contribution < 1.29 is 41.0 Å². The van der Waals surface area contributed by atoms with E-state index in [1.54, 1.807) is 43.0 Å². The second kappa shape index (κ2) is 9.92. The fourth-order valence-electron chi connectivity index (χ4n) is 4.72. The van der Waals surface area contributed by atoms with Crippen LogP contribution >= 0.6 is 0 Å². The lowest BCUT2D eigenvalue weighted by molar-refractivity contribution is -0.274. The fraction of sp³-hybridized carbons (Fsp3) is 0.250. The minimum Gasteiger partial charge on any atom is -0.462 e. The zero-order chi connectivity index (χ0) is 28.8. The Morgan fingerprint density at radius 2 is 1.80 bits per heavy atom. The minimum atomic E-state index is -5.00. The molecule has 208 valence electrons. The monoisotopic (exact) mass is 559 g/mol. The molecule has 0 unspecified atom stereocenters. The first kappa shape index (κ1) is 27.1. The summed E-state index contributed by atoms with van der Waals surface area (Å²) < 4.78 is 78.3. The minimum absolute atomic E-state index is 0.0215. The first-order chi connectivity index (χ1) is 18.9. The quantitative estimate of drug-likeness (QED) is 0.213. The summed E-state index contributed by atoms with van der Waals surface area (Å²) >= 11 is 0. The predicted octanol–water partition coefficient (Wildman–Crippen LogP) is 6.26. The molecule has 0 atom stereocenters. The summed E-state index contributed by atoms with van der Waals surface area (Å²) in [6.07, 6.45) is -2.93. The van der Waals surface area contributed by atoms with Gasteiger partial charge in [0.1, 0.15) is 17.4 Å². The first-order valence-corrected chi connectivity index (χ1v) is 12.2. The zero-order valence-corrected chi connectivity index (χ0v) is 21.2. The maximum atomic E-state index is 15.6. The molecule has 1 aliphatic rings. The van der Waals surface area contributed by atoms with Crippen molar-refractivity contribution in [1.29, 1.82) is 0 Å². The highest BCUT2D eigenvalue weighted by Gasteiger charge is 2.53. The van der Waals surface area contributed by atoms with E-state index in [2.05, 4.69) is 15.2 Å². The van der Waals surface area contributed by atoms with E-state index in [1.807, 2.05) is 0 Å². The number of hydrogen-bond acceptors (Lipinski definition) is 5. The van der Waals surface area contributed by atoms with Crippen molar-refractivity contribution in [2.24, 2.45) is 7.05 Å². The molecule has 1 fully saturated rings. The summed E-state index contributed by atoms with van der Waals surface area (Å²) in [6.45, 7) is 1.62. The highest BCUT2D eigenvalue weighted by Crippen LogP contribution is 2.50. The van der Waals surface area contributed by atoms with E-state index in [1.165, 1.54) is 6.07 Å². The number of aryl methyl sites for hydroxylation is 1. The Balaban J connectivity index is 1.48. The standard InChI is InChI=1S/C28H22F5N3O4/c1-3-39-25(37)19-11-17(12-22(30)24(19)15-4-5-16-14-34-36(2)23(16)10-15)35-26(38)27(8-9-27)20-7-6-18(13-21(20)29)40-28(31,32)33/h4-7,10-14H,3,8-9H2,1-2H3,(H,35,38). The van der Waals surface area contributed by atoms with Gasteiger partial charge in [-0.3, -0.25) is 9.48 Å². The lowest BCUT2D eigenvalue weighted by Gasteiger charge is -2.19. The average Bonchev–Trinajstić information content (AvgIpc) is 3.60. The second-order valence-electron chi connectivity index (χ2n) is 9.37. The van der Waals surface area contributed by atoms with Crippen LogP contribution in [0.15, 0.2) is 54.7 Å². The third-order valence-corrected chi connectivity index (χ3v) is 6.76. The lowest BCUT2D eigenvalue weighted by Crippen LogP contribution is -2.29. The number of nitrogens with zero attached hydrogens (tertiary/aromatic N) is 2. The Morgan fingerprint density at radius 3 is 2.45 bits per heavy atom. The van der Waals surface area contributed by atoms with E-state index < -0.39 is 41.0 Å². The molecule has 1 amide bonds. The first-order valence-electron chi connectivity index (χ1n) is 12.2. The summed E-state index contributed by atoms with van der Waals surface area (Å²) in [7, 11) is 1.72. The Labute approximate surface area is 224 Å². The summed E-state index contributed by atoms with van der Waals surface area (Å²) in [5.41, 5.74) is -0.642. The molecule has 1 heterocycles. The van der Waals surface area contributed by atoms with Crippen LogP contribution in [0, 0.1) is 11.6 Å². The van der Waals surface area contributed by atoms with Crippen LogP contribution in [0.3, 0.4) is 0 Å². The van der Waals surface area contributed by atoms with Gasteiger partial charge in [-0.15, -0.1) is 13.2 Å². The summed E-state index contributed by atoms with van der Waals surface area (Å²) in [6, 6.07) is 9.90. The van der Waals surface area contributed by atoms with Gasteiger partial charge in [-0.2, -0.15) is 5.10 Å². The van der Waals surface area contributed by atoms with Crippen LogP contribution < -0.4 is 10.1 Å². The van der Waals surface area contributed by atoms with Crippen molar-refractivity contribution in [3.63, 3.8) is 0 Å². The molecule has 0 spiro atoms. The topological polar surface area (TPSA) is 82.4 Å². The molecule has 0 radical (unpaired) electrons. The third-order valence-electron chi connectivity index (χ3n) is 6.76. The number of benzene rings is 3. The number of alkyl halides is 3. The van der Waals surface area contributed by atoms with E-state index in [0.29, 0.717) is 17.1 Å². The number of rotatable bonds is 7. The van der Waals surface area contributed by atoms with Crippen molar-refractivity contribution in [1.82, 2.24) is 9.78 Å². The Bertz CT molecular complexity index is 1640. The molecule has 0 bridgehead atoms. The summed E-state index contributed by atoms with van der Waals surface area (Å²) in [5.74, 6) is -4.13. The van der Waals surface area contributed by atoms with Gasteiger partial charge >= 0.3 is 12.3 Å². The number of aromatic nitrogens is 2. The molecule has 3 aromatic carbocycles. The number of ether oxygens (including phenoxy) is 2. The highest BCUT2D eigenvalue weighted by molar-refractivity contribution is 6.04. The van der Waals surface area contributed by atoms with Crippen LogP contribution in [0.2, 0.25) is 0 Å². The van der Waals surface area contributed by atoms with Crippen LogP contribution in [0.4, 0.5) is 27.6 Å². The summed E-state index contributed by atoms with van der Waals surface area (Å²) in [4.78, 5) is 26.1. The van der Waals surface area contributed by atoms with Gasteiger partial charge in [0.25, 0.3) is 0 Å². The van der Waals surface area contributed by atoms with Crippen LogP contribution in [-0.2, 0) is 22.0 Å². The molecule has 5 rings (SSSR count). The third kappa shape index (κ3) is 5.08. The number of carbonyl (C=O) groups is 2. The van der Waals surface area contributed by atoms with Crippen LogP contribution in [0.5, 0.6) is 5.75 Å². The average molecular weight is 559 g/mol. The molecule has 0 saturated heterocycles. The Hall–Kier alpha value is -4.48. The molecule has 7 nitrogen and oxygen atoms in total. The molecular weight excluding hydrogens is 537 g/mol. The van der Waals surface area contributed by atoms with Gasteiger partial charge < -0.3 is 14.8 Å². The van der Waals surface area contributed by atoms with Crippen LogP contribution in [0.1, 0.15) is 35.7 Å². The number of amides is 1. The highest BCUT2D eigenvalue weighted by atomic mass is 19.4. The maximum absolute atomic E-state index is 15.6. The maximum Gasteiger partial charge on any atom is 0.573 e. The van der Waals surface area contributed by atoms with E-state index in [4.69, 9.17) is 4.74 Å². The van der Waals surface area contributed by atoms with Gasteiger partial charge in [0.2, 0.25) is 5.91 Å². The van der Waals surface area contributed by atoms with Crippen LogP contribution in [0.25, 0.3) is 22.0 Å². The van der Waals surface area contributed by atoms with Gasteiger partial charge in [-0.05, 0) is 49.6 Å². The SMILES string of the molecule is CCOC(=O)c1cc(NC(=O)C2(c3ccc(OC(F)(F)F)cc3F)CC2)cc(F)c1-c1ccc2cnn(C)c2c1. The van der Waals surface area contributed by atoms with Crippen molar-refractivity contribution in [3.8, 4) is 16.9 Å². The largest absolute Gasteiger partial charge is 0.573 e. The normalized spacial score (nSPS) is 14.2. The molecule has 4 aromatic rings. The van der Waals surface area contributed by atoms with E-state index >= 15 is 4.39 Å². The summed E-state index contributed by atoms with van der Waals surface area (Å²) in [5, 5.41) is 7.52. The van der Waals surface area contributed by atoms with Gasteiger partial charge in [0.15, 0.2) is 0 Å². The molecule has 0 aliphatic heterocycles. The number of fused-ring (bicyclic) bond motifs is 1. The fourth-order valence-corrected chi connectivity index (χ4v) is 4.72. The zero-order valence-electron chi connectivity index (χ0n) is 21.2. The van der Waals surface area contributed by atoms with Gasteiger partial charge in [0, 0.05) is 35.3 Å². The molecule has 1 saturated carbocycles. The number of hydrogen-bond donors (Lipinski definition) is 1.